The van der Waals surface area contributed by atoms with Crippen LogP contribution in [0.4, 0.5) is 17.1 Å². The highest BCUT2D eigenvalue weighted by Crippen LogP contribution is 2.68. The molecule has 11 aromatic rings. The van der Waals surface area contributed by atoms with Gasteiger partial charge in [-0.1, -0.05) is 188 Å². The lowest BCUT2D eigenvalue weighted by molar-refractivity contribution is 0.0618. The van der Waals surface area contributed by atoms with Crippen molar-refractivity contribution in [2.75, 3.05) is 4.90 Å². The molecule has 71 heavy (non-hydrogen) atoms. The number of nitrogens with zero attached hydrogens (tertiary/aromatic N) is 1. The van der Waals surface area contributed by atoms with Crippen LogP contribution in [0, 0.1) is 23.7 Å². The second kappa shape index (κ2) is 16.1. The summed E-state index contributed by atoms with van der Waals surface area (Å²) in [5.41, 5.74) is 21.1. The Morgan fingerprint density at radius 3 is 1.85 bits per heavy atom. The molecule has 4 saturated carbocycles. The number of anilines is 3. The van der Waals surface area contributed by atoms with Crippen LogP contribution < -0.4 is 4.90 Å². The van der Waals surface area contributed by atoms with E-state index >= 15 is 0 Å². The average molecular weight is 912 g/mol. The molecule has 5 atom stereocenters. The predicted octanol–water partition coefficient (Wildman–Crippen LogP) is 19.0. The lowest BCUT2D eigenvalue weighted by Gasteiger charge is -2.53. The first kappa shape index (κ1) is 40.9. The molecule has 1 spiro atoms. The minimum absolute atomic E-state index is 0.0355. The van der Waals surface area contributed by atoms with E-state index in [-0.39, 0.29) is 5.41 Å². The lowest BCUT2D eigenvalue weighted by atomic mass is 9.51. The summed E-state index contributed by atoms with van der Waals surface area (Å²) >= 11 is 0. The molecule has 5 unspecified atom stereocenters. The fraction of sp³-hybridized carbons (Fsp3) is 0.159. The highest BCUT2D eigenvalue weighted by atomic mass is 16.3. The molecule has 0 N–H and O–H groups in total. The Labute approximate surface area is 415 Å². The van der Waals surface area contributed by atoms with Crippen molar-refractivity contribution in [3.05, 3.63) is 236 Å². The van der Waals surface area contributed by atoms with Gasteiger partial charge in [0, 0.05) is 38.5 Å². The Morgan fingerprint density at radius 2 is 1.00 bits per heavy atom. The number of para-hydroxylation sites is 1. The molecule has 5 aliphatic rings. The summed E-state index contributed by atoms with van der Waals surface area (Å²) in [6, 6.07) is 83.8. The molecule has 4 fully saturated rings. The van der Waals surface area contributed by atoms with E-state index in [1.165, 1.54) is 105 Å². The Kier molecular flexibility index (Phi) is 9.25. The van der Waals surface area contributed by atoms with Gasteiger partial charge < -0.3 is 9.32 Å². The van der Waals surface area contributed by atoms with E-state index in [0.717, 1.165) is 50.5 Å². The number of benzene rings is 10. The maximum absolute atomic E-state index is 6.68. The van der Waals surface area contributed by atoms with E-state index in [0.29, 0.717) is 11.8 Å². The van der Waals surface area contributed by atoms with Crippen LogP contribution in [-0.4, -0.2) is 0 Å². The number of hydrogen-bond acceptors (Lipinski definition) is 2. The molecule has 1 aromatic heterocycles. The zero-order valence-electron chi connectivity index (χ0n) is 39.8. The quantitative estimate of drug-likeness (QED) is 0.158. The van der Waals surface area contributed by atoms with Gasteiger partial charge in [0.25, 0.3) is 0 Å². The minimum Gasteiger partial charge on any atom is -0.455 e. The molecule has 4 bridgehead atoms. The van der Waals surface area contributed by atoms with Crippen LogP contribution >= 0.6 is 0 Å². The second-order valence-electron chi connectivity index (χ2n) is 21.1. The first-order chi connectivity index (χ1) is 35.2. The molecule has 2 heteroatoms. The Balaban J connectivity index is 0.932. The number of hydrogen-bond donors (Lipinski definition) is 0. The molecule has 16 rings (SSSR count). The highest BCUT2D eigenvalue weighted by molar-refractivity contribution is 6.19. The average Bonchev–Trinajstić information content (AvgIpc) is 3.89. The van der Waals surface area contributed by atoms with Gasteiger partial charge >= 0.3 is 0 Å². The molecule has 0 amide bonds. The smallest absolute Gasteiger partial charge is 0.143 e. The van der Waals surface area contributed by atoms with Crippen LogP contribution in [0.5, 0.6) is 0 Å². The summed E-state index contributed by atoms with van der Waals surface area (Å²) in [6.07, 6.45) is 8.23. The molecule has 0 radical (unpaired) electrons. The maximum atomic E-state index is 6.68. The first-order valence-electron chi connectivity index (χ1n) is 26.0. The summed E-state index contributed by atoms with van der Waals surface area (Å²) in [4.78, 5) is 2.57. The third-order valence-electron chi connectivity index (χ3n) is 17.6. The third-order valence-corrected chi connectivity index (χ3v) is 17.6. The van der Waals surface area contributed by atoms with Gasteiger partial charge in [0.2, 0.25) is 0 Å². The van der Waals surface area contributed by atoms with Gasteiger partial charge in [-0.25, -0.2) is 0 Å². The fourth-order valence-electron chi connectivity index (χ4n) is 14.9. The summed E-state index contributed by atoms with van der Waals surface area (Å²) in [7, 11) is 0. The van der Waals surface area contributed by atoms with E-state index in [1.54, 1.807) is 11.1 Å². The van der Waals surface area contributed by atoms with E-state index in [9.17, 15) is 0 Å². The van der Waals surface area contributed by atoms with Crippen molar-refractivity contribution in [2.24, 2.45) is 23.7 Å². The summed E-state index contributed by atoms with van der Waals surface area (Å²) in [6.45, 7) is 0. The van der Waals surface area contributed by atoms with Gasteiger partial charge in [-0.15, -0.1) is 0 Å². The van der Waals surface area contributed by atoms with Crippen LogP contribution in [0.1, 0.15) is 49.7 Å². The zero-order chi connectivity index (χ0) is 46.6. The first-order valence-corrected chi connectivity index (χ1v) is 26.0. The molecular weight excluding hydrogens is 859 g/mol. The lowest BCUT2D eigenvalue weighted by Crippen LogP contribution is -2.48. The Bertz CT molecular complexity index is 3870. The summed E-state index contributed by atoms with van der Waals surface area (Å²) in [5, 5.41) is 4.64. The van der Waals surface area contributed by atoms with Crippen LogP contribution in [0.3, 0.4) is 0 Å². The van der Waals surface area contributed by atoms with Gasteiger partial charge in [0.1, 0.15) is 11.2 Å². The Hall–Kier alpha value is -7.94. The molecule has 340 valence electrons. The van der Waals surface area contributed by atoms with Crippen molar-refractivity contribution in [3.63, 3.8) is 0 Å². The van der Waals surface area contributed by atoms with Crippen molar-refractivity contribution in [3.8, 4) is 55.6 Å². The minimum atomic E-state index is 0.0355. The van der Waals surface area contributed by atoms with Crippen molar-refractivity contribution in [1.82, 2.24) is 0 Å². The topological polar surface area (TPSA) is 16.4 Å². The van der Waals surface area contributed by atoms with Crippen LogP contribution in [-0.2, 0) is 5.41 Å². The monoisotopic (exact) mass is 911 g/mol. The van der Waals surface area contributed by atoms with Gasteiger partial charge in [0.15, 0.2) is 0 Å². The highest BCUT2D eigenvalue weighted by Gasteiger charge is 2.59. The van der Waals surface area contributed by atoms with Gasteiger partial charge in [-0.3, -0.25) is 0 Å². The molecule has 10 aromatic carbocycles. The van der Waals surface area contributed by atoms with Crippen molar-refractivity contribution < 1.29 is 4.42 Å². The summed E-state index contributed by atoms with van der Waals surface area (Å²) < 4.78 is 6.68. The second-order valence-corrected chi connectivity index (χ2v) is 21.1. The van der Waals surface area contributed by atoms with Crippen LogP contribution in [0.2, 0.25) is 0 Å². The largest absolute Gasteiger partial charge is 0.455 e. The van der Waals surface area contributed by atoms with E-state index in [4.69, 9.17) is 4.42 Å². The number of furan rings is 1. The molecular formula is C69H53NO. The predicted molar refractivity (Wildman–Crippen MR) is 296 cm³/mol. The third kappa shape index (κ3) is 6.20. The molecule has 0 aliphatic heterocycles. The van der Waals surface area contributed by atoms with Crippen molar-refractivity contribution >= 4 is 49.8 Å². The standard InChI is InChI=1S/C69H53NO/c1-2-15-46(16-3-1)53-18-6-7-20-56(53)57-21-8-9-22-58(57)61-24-11-13-27-65(61)70(51-34-30-48(31-35-51)54-25-14-28-66-67(54)62-37-32-47-17-4-5-19-55(47)68(62)71-66)52-36-38-60-59-23-10-12-26-63(59)69(64(60)43-52)49-33-29-44-39-45(41-49)42-50(69)40-44/h1-28,30-32,34-38,43-45,49-50H,29,33,39-42H2. The molecule has 5 aliphatic carbocycles. The van der Waals surface area contributed by atoms with E-state index in [1.807, 2.05) is 0 Å². The van der Waals surface area contributed by atoms with Gasteiger partial charge in [-0.2, -0.15) is 0 Å². The van der Waals surface area contributed by atoms with E-state index < -0.39 is 0 Å². The van der Waals surface area contributed by atoms with Crippen molar-refractivity contribution in [1.29, 1.82) is 0 Å². The zero-order valence-corrected chi connectivity index (χ0v) is 39.8. The van der Waals surface area contributed by atoms with Crippen LogP contribution in [0.15, 0.2) is 229 Å². The number of fused-ring (bicyclic) bond motifs is 9. The maximum Gasteiger partial charge on any atom is 0.143 e. The van der Waals surface area contributed by atoms with Crippen LogP contribution in [0.25, 0.3) is 88.3 Å². The van der Waals surface area contributed by atoms with Gasteiger partial charge in [0.05, 0.1) is 5.69 Å². The van der Waals surface area contributed by atoms with Gasteiger partial charge in [-0.05, 0) is 165 Å². The SMILES string of the molecule is c1ccc(-c2ccccc2-c2ccccc2-c2ccccc2N(c2ccc(-c3cccc4oc5c6ccccc6ccc5c34)cc2)c2ccc3c(c2)C2(c4ccccc4-3)C3CCC4CC(C3)CC2C4)cc1. The van der Waals surface area contributed by atoms with E-state index in [2.05, 4.69) is 229 Å². The van der Waals surface area contributed by atoms with Crippen molar-refractivity contribution in [2.45, 2.75) is 43.9 Å². The Morgan fingerprint density at radius 1 is 0.380 bits per heavy atom. The molecule has 1 heterocycles. The molecule has 2 nitrogen and oxygen atoms in total. The fourth-order valence-corrected chi connectivity index (χ4v) is 14.9. The normalized spacial score (nSPS) is 20.7. The number of rotatable bonds is 7. The molecule has 0 saturated heterocycles. The summed E-state index contributed by atoms with van der Waals surface area (Å²) in [5.74, 6) is 3.06.